The number of ether oxygens (including phenoxy) is 2. The summed E-state index contributed by atoms with van der Waals surface area (Å²) in [6, 6.07) is 10.5. The van der Waals surface area contributed by atoms with Gasteiger partial charge in [0.25, 0.3) is 5.91 Å². The van der Waals surface area contributed by atoms with Crippen LogP contribution in [-0.2, 0) is 4.74 Å². The number of hydrogen-bond donors (Lipinski definition) is 0. The van der Waals surface area contributed by atoms with Crippen molar-refractivity contribution in [2.45, 2.75) is 33.7 Å². The molecule has 0 saturated heterocycles. The molecule has 152 valence electrons. The van der Waals surface area contributed by atoms with Gasteiger partial charge in [0.15, 0.2) is 5.76 Å². The molecule has 0 aliphatic rings. The SMILES string of the molecule is COC(=O)c1ccc(N(C(=O)c2oc3ccc(OC)cc3c2C)C(C)C)c(C)c1. The predicted octanol–water partition coefficient (Wildman–Crippen LogP) is 4.90. The number of anilines is 1. The van der Waals surface area contributed by atoms with Gasteiger partial charge in [-0.1, -0.05) is 0 Å². The van der Waals surface area contributed by atoms with Gasteiger partial charge in [0, 0.05) is 22.7 Å². The maximum atomic E-state index is 13.5. The van der Waals surface area contributed by atoms with Crippen molar-refractivity contribution in [3.05, 3.63) is 58.8 Å². The monoisotopic (exact) mass is 395 g/mol. The van der Waals surface area contributed by atoms with Crippen LogP contribution in [0.5, 0.6) is 5.75 Å². The number of benzene rings is 2. The van der Waals surface area contributed by atoms with Crippen LogP contribution in [0.1, 0.15) is 45.9 Å². The van der Waals surface area contributed by atoms with Crippen molar-refractivity contribution in [3.8, 4) is 5.75 Å². The molecule has 0 bridgehead atoms. The summed E-state index contributed by atoms with van der Waals surface area (Å²) in [7, 11) is 2.94. The van der Waals surface area contributed by atoms with Crippen molar-refractivity contribution in [1.82, 2.24) is 0 Å². The Morgan fingerprint density at radius 1 is 1.03 bits per heavy atom. The van der Waals surface area contributed by atoms with Crippen LogP contribution in [0.2, 0.25) is 0 Å². The molecule has 0 radical (unpaired) electrons. The number of carbonyl (C=O) groups excluding carboxylic acids is 2. The van der Waals surface area contributed by atoms with Crippen molar-refractivity contribution in [1.29, 1.82) is 0 Å². The number of nitrogens with zero attached hydrogens (tertiary/aromatic N) is 1. The van der Waals surface area contributed by atoms with Gasteiger partial charge in [0.2, 0.25) is 0 Å². The highest BCUT2D eigenvalue weighted by molar-refractivity contribution is 6.09. The Kier molecular flexibility index (Phi) is 5.64. The average Bonchev–Trinajstić information content (AvgIpc) is 3.04. The first kappa shape index (κ1) is 20.5. The summed E-state index contributed by atoms with van der Waals surface area (Å²) in [5.41, 5.74) is 3.35. The standard InChI is InChI=1S/C23H25NO5/c1-13(2)24(19-9-7-16(11-14(19)3)23(26)28-6)22(25)21-15(4)18-12-17(27-5)8-10-20(18)29-21/h7-13H,1-6H3. The molecule has 2 aromatic carbocycles. The lowest BCUT2D eigenvalue weighted by Gasteiger charge is -2.28. The van der Waals surface area contributed by atoms with Gasteiger partial charge in [-0.25, -0.2) is 4.79 Å². The number of furan rings is 1. The lowest BCUT2D eigenvalue weighted by molar-refractivity contribution is 0.0600. The van der Waals surface area contributed by atoms with Crippen molar-refractivity contribution >= 4 is 28.5 Å². The fraction of sp³-hybridized carbons (Fsp3) is 0.304. The van der Waals surface area contributed by atoms with E-state index in [2.05, 4.69) is 0 Å². The number of fused-ring (bicyclic) bond motifs is 1. The Morgan fingerprint density at radius 3 is 2.34 bits per heavy atom. The number of esters is 1. The van der Waals surface area contributed by atoms with Crippen molar-refractivity contribution in [2.24, 2.45) is 0 Å². The number of hydrogen-bond acceptors (Lipinski definition) is 5. The predicted molar refractivity (Wildman–Crippen MR) is 112 cm³/mol. The van der Waals surface area contributed by atoms with E-state index in [1.54, 1.807) is 42.3 Å². The van der Waals surface area contributed by atoms with E-state index >= 15 is 0 Å². The first-order valence-corrected chi connectivity index (χ1v) is 9.38. The van der Waals surface area contributed by atoms with E-state index in [1.165, 1.54) is 7.11 Å². The molecule has 6 nitrogen and oxygen atoms in total. The molecule has 0 aliphatic heterocycles. The normalized spacial score (nSPS) is 11.0. The van der Waals surface area contributed by atoms with Gasteiger partial charge in [0.1, 0.15) is 11.3 Å². The molecule has 0 spiro atoms. The summed E-state index contributed by atoms with van der Waals surface area (Å²) in [6.07, 6.45) is 0. The van der Waals surface area contributed by atoms with Crippen LogP contribution in [0.25, 0.3) is 11.0 Å². The van der Waals surface area contributed by atoms with Crippen LogP contribution >= 0.6 is 0 Å². The third kappa shape index (κ3) is 3.70. The molecule has 1 aromatic heterocycles. The van der Waals surface area contributed by atoms with Gasteiger partial charge < -0.3 is 18.8 Å². The van der Waals surface area contributed by atoms with E-state index in [0.717, 1.165) is 22.2 Å². The Morgan fingerprint density at radius 2 is 1.76 bits per heavy atom. The summed E-state index contributed by atoms with van der Waals surface area (Å²) >= 11 is 0. The Labute approximate surface area is 170 Å². The van der Waals surface area contributed by atoms with Crippen LogP contribution < -0.4 is 9.64 Å². The average molecular weight is 395 g/mol. The highest BCUT2D eigenvalue weighted by Gasteiger charge is 2.28. The maximum absolute atomic E-state index is 13.5. The maximum Gasteiger partial charge on any atom is 0.337 e. The number of carbonyl (C=O) groups is 2. The summed E-state index contributed by atoms with van der Waals surface area (Å²) in [6.45, 7) is 7.60. The number of aryl methyl sites for hydroxylation is 2. The van der Waals surface area contributed by atoms with Crippen LogP contribution in [0.15, 0.2) is 40.8 Å². The number of rotatable bonds is 5. The summed E-state index contributed by atoms with van der Waals surface area (Å²) in [5, 5.41) is 0.842. The Hall–Kier alpha value is -3.28. The molecular weight excluding hydrogens is 370 g/mol. The molecule has 0 unspecified atom stereocenters. The van der Waals surface area contributed by atoms with Gasteiger partial charge in [0.05, 0.1) is 19.8 Å². The van der Waals surface area contributed by atoms with Crippen molar-refractivity contribution in [2.75, 3.05) is 19.1 Å². The van der Waals surface area contributed by atoms with Gasteiger partial charge in [-0.3, -0.25) is 4.79 Å². The van der Waals surface area contributed by atoms with E-state index in [9.17, 15) is 9.59 Å². The smallest absolute Gasteiger partial charge is 0.337 e. The Bertz CT molecular complexity index is 1080. The van der Waals surface area contributed by atoms with Gasteiger partial charge in [-0.2, -0.15) is 0 Å². The lowest BCUT2D eigenvalue weighted by atomic mass is 10.1. The van der Waals surface area contributed by atoms with Gasteiger partial charge >= 0.3 is 5.97 Å². The van der Waals surface area contributed by atoms with Gasteiger partial charge in [-0.05, 0) is 69.7 Å². The van der Waals surface area contributed by atoms with E-state index < -0.39 is 5.97 Å². The molecule has 1 amide bonds. The minimum atomic E-state index is -0.413. The van der Waals surface area contributed by atoms with Crippen molar-refractivity contribution < 1.29 is 23.5 Å². The topological polar surface area (TPSA) is 69.0 Å². The number of amides is 1. The van der Waals surface area contributed by atoms with Crippen LogP contribution in [0, 0.1) is 13.8 Å². The highest BCUT2D eigenvalue weighted by Crippen LogP contribution is 2.32. The third-order valence-corrected chi connectivity index (χ3v) is 4.95. The first-order valence-electron chi connectivity index (χ1n) is 9.38. The molecule has 6 heteroatoms. The summed E-state index contributed by atoms with van der Waals surface area (Å²) in [5.74, 6) is 0.347. The summed E-state index contributed by atoms with van der Waals surface area (Å²) in [4.78, 5) is 27.0. The molecule has 29 heavy (non-hydrogen) atoms. The zero-order valence-corrected chi connectivity index (χ0v) is 17.5. The molecule has 0 fully saturated rings. The van der Waals surface area contributed by atoms with Crippen LogP contribution in [0.4, 0.5) is 5.69 Å². The largest absolute Gasteiger partial charge is 0.497 e. The molecule has 3 rings (SSSR count). The minimum absolute atomic E-state index is 0.118. The molecular formula is C23H25NO5. The number of methoxy groups -OCH3 is 2. The van der Waals surface area contributed by atoms with E-state index in [4.69, 9.17) is 13.9 Å². The molecule has 1 heterocycles. The van der Waals surface area contributed by atoms with Gasteiger partial charge in [-0.15, -0.1) is 0 Å². The minimum Gasteiger partial charge on any atom is -0.497 e. The molecule has 0 aliphatic carbocycles. The molecule has 3 aromatic rings. The highest BCUT2D eigenvalue weighted by atomic mass is 16.5. The third-order valence-electron chi connectivity index (χ3n) is 4.95. The van der Waals surface area contributed by atoms with E-state index in [1.807, 2.05) is 33.8 Å². The zero-order valence-electron chi connectivity index (χ0n) is 17.5. The summed E-state index contributed by atoms with van der Waals surface area (Å²) < 4.78 is 16.0. The second-order valence-electron chi connectivity index (χ2n) is 7.18. The molecule has 0 N–H and O–H groups in total. The van der Waals surface area contributed by atoms with Crippen LogP contribution in [-0.4, -0.2) is 32.1 Å². The van der Waals surface area contributed by atoms with E-state index in [0.29, 0.717) is 22.7 Å². The van der Waals surface area contributed by atoms with Crippen LogP contribution in [0.3, 0.4) is 0 Å². The molecule has 0 atom stereocenters. The zero-order chi connectivity index (χ0) is 21.3. The fourth-order valence-electron chi connectivity index (χ4n) is 3.43. The Balaban J connectivity index is 2.06. The fourth-order valence-corrected chi connectivity index (χ4v) is 3.43. The van der Waals surface area contributed by atoms with E-state index in [-0.39, 0.29) is 11.9 Å². The lowest BCUT2D eigenvalue weighted by Crippen LogP contribution is -2.37. The second kappa shape index (κ2) is 7.99. The quantitative estimate of drug-likeness (QED) is 0.575. The molecule has 0 saturated carbocycles. The second-order valence-corrected chi connectivity index (χ2v) is 7.18. The first-order chi connectivity index (χ1) is 13.8. The van der Waals surface area contributed by atoms with Crippen molar-refractivity contribution in [3.63, 3.8) is 0 Å².